The van der Waals surface area contributed by atoms with Gasteiger partial charge in [-0.1, -0.05) is 24.3 Å². The van der Waals surface area contributed by atoms with Crippen LogP contribution in [0.1, 0.15) is 12.5 Å². The first-order chi connectivity index (χ1) is 9.63. The molecule has 2 nitrogen and oxygen atoms in total. The topological polar surface area (TPSA) is 29.1 Å². The van der Waals surface area contributed by atoms with Crippen LogP contribution in [0.4, 0.5) is 14.5 Å². The minimum atomic E-state index is -0.645. The number of fused-ring (bicyclic) bond motifs is 1. The lowest BCUT2D eigenvalue weighted by atomic mass is 9.94. The van der Waals surface area contributed by atoms with Crippen LogP contribution >= 0.6 is 0 Å². The van der Waals surface area contributed by atoms with E-state index < -0.39 is 11.6 Å². The molecule has 0 bridgehead atoms. The van der Waals surface area contributed by atoms with Crippen molar-refractivity contribution in [2.75, 3.05) is 5.32 Å². The fourth-order valence-electron chi connectivity index (χ4n) is 2.49. The van der Waals surface area contributed by atoms with Crippen LogP contribution in [0.15, 0.2) is 42.5 Å². The van der Waals surface area contributed by atoms with Crippen LogP contribution < -0.4 is 5.32 Å². The first-order valence-electron chi connectivity index (χ1n) is 6.19. The molecule has 0 aromatic heterocycles. The Kier molecular flexibility index (Phi) is 2.86. The van der Waals surface area contributed by atoms with Crippen molar-refractivity contribution in [2.24, 2.45) is 0 Å². The predicted molar refractivity (Wildman–Crippen MR) is 74.1 cm³/mol. The molecule has 4 heteroatoms. The van der Waals surface area contributed by atoms with Crippen LogP contribution in [-0.2, 0) is 4.79 Å². The van der Waals surface area contributed by atoms with Gasteiger partial charge in [0.2, 0.25) is 0 Å². The summed E-state index contributed by atoms with van der Waals surface area (Å²) in [5, 5.41) is 2.70. The molecule has 0 aliphatic carbocycles. The zero-order valence-electron chi connectivity index (χ0n) is 10.7. The second kappa shape index (κ2) is 4.56. The van der Waals surface area contributed by atoms with Crippen LogP contribution in [0.2, 0.25) is 0 Å². The molecule has 1 heterocycles. The number of allylic oxidation sites excluding steroid dienone is 1. The highest BCUT2D eigenvalue weighted by atomic mass is 19.1. The van der Waals surface area contributed by atoms with Gasteiger partial charge in [-0.05, 0) is 30.7 Å². The Balaban J connectivity index is 2.34. The van der Waals surface area contributed by atoms with Crippen molar-refractivity contribution in [1.82, 2.24) is 0 Å². The van der Waals surface area contributed by atoms with Gasteiger partial charge in [0.15, 0.2) is 0 Å². The van der Waals surface area contributed by atoms with E-state index in [1.54, 1.807) is 31.2 Å². The molecular formula is C16H11F2NO. The van der Waals surface area contributed by atoms with Gasteiger partial charge in [0.05, 0.1) is 5.56 Å². The van der Waals surface area contributed by atoms with Crippen LogP contribution in [0, 0.1) is 11.6 Å². The molecule has 0 fully saturated rings. The minimum Gasteiger partial charge on any atom is -0.321 e. The Morgan fingerprint density at radius 3 is 2.30 bits per heavy atom. The molecule has 0 saturated carbocycles. The Bertz CT molecular complexity index is 730. The van der Waals surface area contributed by atoms with Gasteiger partial charge in [-0.15, -0.1) is 0 Å². The second-order valence-corrected chi connectivity index (χ2v) is 4.48. The number of rotatable bonds is 1. The van der Waals surface area contributed by atoms with Gasteiger partial charge in [-0.2, -0.15) is 0 Å². The molecular weight excluding hydrogens is 260 g/mol. The SMILES string of the molecule is C/C=C1\C(=O)Nc2cccc(-c3c(F)cccc3F)c21. The van der Waals surface area contributed by atoms with E-state index in [0.29, 0.717) is 22.4 Å². The first-order valence-corrected chi connectivity index (χ1v) is 6.19. The molecule has 2 aromatic carbocycles. The summed E-state index contributed by atoms with van der Waals surface area (Å²) in [6.45, 7) is 1.72. The molecule has 0 saturated heterocycles. The number of anilines is 1. The third-order valence-electron chi connectivity index (χ3n) is 3.35. The highest BCUT2D eigenvalue weighted by Crippen LogP contribution is 2.40. The maximum atomic E-state index is 14.0. The number of hydrogen-bond donors (Lipinski definition) is 1. The monoisotopic (exact) mass is 271 g/mol. The number of benzene rings is 2. The Hall–Kier alpha value is -2.49. The zero-order chi connectivity index (χ0) is 14.3. The Labute approximate surface area is 114 Å². The number of halogens is 2. The van der Waals surface area contributed by atoms with E-state index in [4.69, 9.17) is 0 Å². The van der Waals surface area contributed by atoms with E-state index >= 15 is 0 Å². The number of nitrogens with one attached hydrogen (secondary N) is 1. The summed E-state index contributed by atoms with van der Waals surface area (Å²) in [5.41, 5.74) is 1.82. The van der Waals surface area contributed by atoms with Crippen molar-refractivity contribution in [3.63, 3.8) is 0 Å². The normalized spacial score (nSPS) is 15.3. The summed E-state index contributed by atoms with van der Waals surface area (Å²) in [6.07, 6.45) is 1.64. The largest absolute Gasteiger partial charge is 0.321 e. The molecule has 1 aliphatic heterocycles. The molecule has 1 amide bonds. The first kappa shape index (κ1) is 12.5. The summed E-state index contributed by atoms with van der Waals surface area (Å²) in [4.78, 5) is 11.8. The van der Waals surface area contributed by atoms with Crippen molar-refractivity contribution in [3.05, 3.63) is 59.7 Å². The van der Waals surface area contributed by atoms with Crippen molar-refractivity contribution in [3.8, 4) is 11.1 Å². The summed E-state index contributed by atoms with van der Waals surface area (Å²) in [7, 11) is 0. The summed E-state index contributed by atoms with van der Waals surface area (Å²) in [6, 6.07) is 8.72. The third kappa shape index (κ3) is 1.72. The summed E-state index contributed by atoms with van der Waals surface area (Å²) in [5.74, 6) is -1.55. The number of carbonyl (C=O) groups is 1. The van der Waals surface area contributed by atoms with E-state index in [0.717, 1.165) is 0 Å². The van der Waals surface area contributed by atoms with E-state index in [2.05, 4.69) is 5.32 Å². The molecule has 100 valence electrons. The molecule has 2 aromatic rings. The van der Waals surface area contributed by atoms with Crippen molar-refractivity contribution in [2.45, 2.75) is 6.92 Å². The van der Waals surface area contributed by atoms with Crippen molar-refractivity contribution >= 4 is 17.2 Å². The fourth-order valence-corrected chi connectivity index (χ4v) is 2.49. The zero-order valence-corrected chi connectivity index (χ0v) is 10.7. The third-order valence-corrected chi connectivity index (χ3v) is 3.35. The van der Waals surface area contributed by atoms with E-state index in [1.807, 2.05) is 0 Å². The average Bonchev–Trinajstić information content (AvgIpc) is 2.74. The molecule has 1 N–H and O–H groups in total. The van der Waals surface area contributed by atoms with Crippen molar-refractivity contribution < 1.29 is 13.6 Å². The summed E-state index contributed by atoms with van der Waals surface area (Å²) >= 11 is 0. The van der Waals surface area contributed by atoms with E-state index in [1.165, 1.54) is 18.2 Å². The molecule has 0 spiro atoms. The van der Waals surface area contributed by atoms with Crippen LogP contribution in [0.5, 0.6) is 0 Å². The van der Waals surface area contributed by atoms with E-state index in [-0.39, 0.29) is 11.5 Å². The lowest BCUT2D eigenvalue weighted by Crippen LogP contribution is -2.03. The lowest BCUT2D eigenvalue weighted by Gasteiger charge is -2.10. The van der Waals surface area contributed by atoms with E-state index in [9.17, 15) is 13.6 Å². The van der Waals surface area contributed by atoms with Crippen LogP contribution in [-0.4, -0.2) is 5.91 Å². The minimum absolute atomic E-state index is 0.111. The van der Waals surface area contributed by atoms with Crippen LogP contribution in [0.3, 0.4) is 0 Å². The predicted octanol–water partition coefficient (Wildman–Crippen LogP) is 3.99. The average molecular weight is 271 g/mol. The molecule has 0 unspecified atom stereocenters. The van der Waals surface area contributed by atoms with Gasteiger partial charge in [-0.25, -0.2) is 8.78 Å². The Morgan fingerprint density at radius 1 is 1.00 bits per heavy atom. The van der Waals surface area contributed by atoms with Gasteiger partial charge < -0.3 is 5.32 Å². The molecule has 0 radical (unpaired) electrons. The Morgan fingerprint density at radius 2 is 1.65 bits per heavy atom. The highest BCUT2D eigenvalue weighted by molar-refractivity contribution is 6.33. The quantitative estimate of drug-likeness (QED) is 0.781. The number of amides is 1. The molecule has 1 aliphatic rings. The standard InChI is InChI=1S/C16H11F2NO/c1-2-9-14-10(5-3-8-13(14)19-16(9)20)15-11(17)6-4-7-12(15)18/h2-8H,1H3,(H,19,20)/b9-2-. The van der Waals surface area contributed by atoms with Gasteiger partial charge in [0.1, 0.15) is 11.6 Å². The molecule has 0 atom stereocenters. The lowest BCUT2D eigenvalue weighted by molar-refractivity contribution is -0.110. The van der Waals surface area contributed by atoms with Gasteiger partial charge >= 0.3 is 0 Å². The van der Waals surface area contributed by atoms with Gasteiger partial charge in [0, 0.05) is 16.8 Å². The molecule has 3 rings (SSSR count). The van der Waals surface area contributed by atoms with Gasteiger partial charge in [0.25, 0.3) is 5.91 Å². The highest BCUT2D eigenvalue weighted by Gasteiger charge is 2.28. The maximum absolute atomic E-state index is 14.0. The smallest absolute Gasteiger partial charge is 0.256 e. The second-order valence-electron chi connectivity index (χ2n) is 4.48. The fraction of sp³-hybridized carbons (Fsp3) is 0.0625. The van der Waals surface area contributed by atoms with Crippen LogP contribution in [0.25, 0.3) is 16.7 Å². The molecule has 20 heavy (non-hydrogen) atoms. The van der Waals surface area contributed by atoms with Crippen molar-refractivity contribution in [1.29, 1.82) is 0 Å². The summed E-state index contributed by atoms with van der Waals surface area (Å²) < 4.78 is 27.9. The number of hydrogen-bond acceptors (Lipinski definition) is 1. The van der Waals surface area contributed by atoms with Gasteiger partial charge in [-0.3, -0.25) is 4.79 Å². The number of carbonyl (C=O) groups excluding carboxylic acids is 1. The maximum Gasteiger partial charge on any atom is 0.256 e.